The molecule has 4 nitrogen and oxygen atoms in total. The number of nitrogens with zero attached hydrogens (tertiary/aromatic N) is 1. The van der Waals surface area contributed by atoms with Gasteiger partial charge >= 0.3 is 0 Å². The van der Waals surface area contributed by atoms with Gasteiger partial charge in [0.05, 0.1) is 0 Å². The van der Waals surface area contributed by atoms with Gasteiger partial charge in [0, 0.05) is 29.7 Å². The Hall–Kier alpha value is -3.92. The highest BCUT2D eigenvalue weighted by Gasteiger charge is 2.20. The molecule has 1 heterocycles. The third-order valence-corrected chi connectivity index (χ3v) is 5.09. The maximum Gasteiger partial charge on any atom is 0.261 e. The summed E-state index contributed by atoms with van der Waals surface area (Å²) >= 11 is 0. The van der Waals surface area contributed by atoms with Crippen molar-refractivity contribution < 1.29 is 4.79 Å². The van der Waals surface area contributed by atoms with Crippen LogP contribution in [0, 0.1) is 6.92 Å². The number of rotatable bonds is 5. The molecule has 30 heavy (non-hydrogen) atoms. The van der Waals surface area contributed by atoms with Crippen LogP contribution in [0.25, 0.3) is 11.1 Å². The zero-order chi connectivity index (χ0) is 20.9. The zero-order valence-electron chi connectivity index (χ0n) is 16.7. The number of amides is 1. The average molecular weight is 394 g/mol. The van der Waals surface area contributed by atoms with Crippen LogP contribution < -0.4 is 10.7 Å². The lowest BCUT2D eigenvalue weighted by molar-refractivity contribution is 0.102. The Bertz CT molecular complexity index is 1210. The summed E-state index contributed by atoms with van der Waals surface area (Å²) < 4.78 is 1.97. The number of pyridine rings is 1. The molecule has 0 fully saturated rings. The smallest absolute Gasteiger partial charge is 0.261 e. The van der Waals surface area contributed by atoms with Crippen LogP contribution in [0.3, 0.4) is 0 Å². The van der Waals surface area contributed by atoms with E-state index >= 15 is 0 Å². The molecule has 1 N–H and O–H groups in total. The van der Waals surface area contributed by atoms with Crippen molar-refractivity contribution in [3.8, 4) is 11.1 Å². The molecule has 0 aliphatic rings. The summed E-state index contributed by atoms with van der Waals surface area (Å²) in [7, 11) is 0. The van der Waals surface area contributed by atoms with Crippen LogP contribution in [0.5, 0.6) is 0 Å². The first-order chi connectivity index (χ1) is 14.6. The van der Waals surface area contributed by atoms with E-state index in [-0.39, 0.29) is 11.0 Å². The van der Waals surface area contributed by atoms with Crippen molar-refractivity contribution in [2.24, 2.45) is 0 Å². The average Bonchev–Trinajstić information content (AvgIpc) is 2.78. The standard InChI is InChI=1S/C26H22N2O2/c1-19-24(26(30)27-22-15-9-4-10-16-22)25(29)23(21-13-7-3-8-14-21)18-28(19)17-20-11-5-2-6-12-20/h2-16,18H,17H2,1H3,(H,27,30). The fourth-order valence-electron chi connectivity index (χ4n) is 3.50. The van der Waals surface area contributed by atoms with Crippen LogP contribution >= 0.6 is 0 Å². The lowest BCUT2D eigenvalue weighted by Gasteiger charge is -2.17. The van der Waals surface area contributed by atoms with Crippen LogP contribution in [0.2, 0.25) is 0 Å². The topological polar surface area (TPSA) is 51.1 Å². The van der Waals surface area contributed by atoms with E-state index in [1.807, 2.05) is 96.6 Å². The lowest BCUT2D eigenvalue weighted by atomic mass is 10.0. The van der Waals surface area contributed by atoms with Gasteiger partial charge in [0.25, 0.3) is 5.91 Å². The number of carbonyl (C=O) groups excluding carboxylic acids is 1. The summed E-state index contributed by atoms with van der Waals surface area (Å²) in [5.41, 5.74) is 3.58. The molecule has 0 atom stereocenters. The van der Waals surface area contributed by atoms with Crippen LogP contribution in [-0.2, 0) is 6.54 Å². The number of aromatic nitrogens is 1. The summed E-state index contributed by atoms with van der Waals surface area (Å²) in [4.78, 5) is 26.5. The van der Waals surface area contributed by atoms with Gasteiger partial charge < -0.3 is 9.88 Å². The Labute approximate surface area is 175 Å². The number of hydrogen-bond donors (Lipinski definition) is 1. The minimum absolute atomic E-state index is 0.163. The van der Waals surface area contributed by atoms with E-state index in [1.165, 1.54) is 0 Å². The summed E-state index contributed by atoms with van der Waals surface area (Å²) in [5, 5.41) is 2.86. The van der Waals surface area contributed by atoms with Crippen molar-refractivity contribution in [2.45, 2.75) is 13.5 Å². The van der Waals surface area contributed by atoms with Gasteiger partial charge in [-0.15, -0.1) is 0 Å². The molecule has 0 unspecified atom stereocenters. The molecule has 0 radical (unpaired) electrons. The molecular formula is C26H22N2O2. The fourth-order valence-corrected chi connectivity index (χ4v) is 3.50. The van der Waals surface area contributed by atoms with Gasteiger partial charge in [-0.05, 0) is 30.2 Å². The van der Waals surface area contributed by atoms with Crippen molar-refractivity contribution in [3.63, 3.8) is 0 Å². The van der Waals surface area contributed by atoms with Crippen LogP contribution in [0.1, 0.15) is 21.6 Å². The Kier molecular flexibility index (Phi) is 5.57. The Morgan fingerprint density at radius 1 is 0.833 bits per heavy atom. The van der Waals surface area contributed by atoms with Gasteiger partial charge in [-0.25, -0.2) is 0 Å². The van der Waals surface area contributed by atoms with Gasteiger partial charge in [-0.2, -0.15) is 0 Å². The van der Waals surface area contributed by atoms with Crippen molar-refractivity contribution in [1.82, 2.24) is 4.57 Å². The molecule has 1 amide bonds. The number of carbonyl (C=O) groups is 1. The molecular weight excluding hydrogens is 372 g/mol. The summed E-state index contributed by atoms with van der Waals surface area (Å²) in [6.07, 6.45) is 1.85. The first-order valence-corrected chi connectivity index (χ1v) is 9.83. The van der Waals surface area contributed by atoms with Crippen LogP contribution in [0.4, 0.5) is 5.69 Å². The third-order valence-electron chi connectivity index (χ3n) is 5.09. The van der Waals surface area contributed by atoms with Gasteiger partial charge in [0.1, 0.15) is 5.56 Å². The molecule has 0 bridgehead atoms. The largest absolute Gasteiger partial charge is 0.346 e. The van der Waals surface area contributed by atoms with E-state index in [1.54, 1.807) is 12.1 Å². The zero-order valence-corrected chi connectivity index (χ0v) is 16.7. The van der Waals surface area contributed by atoms with E-state index in [4.69, 9.17) is 0 Å². The highest BCUT2D eigenvalue weighted by atomic mass is 16.2. The first kappa shape index (κ1) is 19.4. The van der Waals surface area contributed by atoms with Crippen molar-refractivity contribution in [1.29, 1.82) is 0 Å². The van der Waals surface area contributed by atoms with E-state index in [9.17, 15) is 9.59 Å². The highest BCUT2D eigenvalue weighted by molar-refractivity contribution is 6.05. The normalized spacial score (nSPS) is 10.6. The van der Waals surface area contributed by atoms with Crippen molar-refractivity contribution >= 4 is 11.6 Å². The van der Waals surface area contributed by atoms with Gasteiger partial charge in [-0.1, -0.05) is 78.9 Å². The Balaban J connectivity index is 1.84. The molecule has 148 valence electrons. The molecule has 3 aromatic carbocycles. The molecule has 1 aromatic heterocycles. The second-order valence-electron chi connectivity index (χ2n) is 7.13. The quantitative estimate of drug-likeness (QED) is 0.510. The molecule has 0 saturated carbocycles. The van der Waals surface area contributed by atoms with Crippen molar-refractivity contribution in [3.05, 3.63) is 124 Å². The second-order valence-corrected chi connectivity index (χ2v) is 7.13. The minimum Gasteiger partial charge on any atom is -0.346 e. The van der Waals surface area contributed by atoms with E-state index in [2.05, 4.69) is 5.32 Å². The Morgan fingerprint density at radius 2 is 1.40 bits per heavy atom. The molecule has 0 aliphatic heterocycles. The summed E-state index contributed by atoms with van der Waals surface area (Å²) in [6.45, 7) is 2.39. The predicted octanol–water partition coefficient (Wildman–Crippen LogP) is 5.12. The maximum absolute atomic E-state index is 13.4. The maximum atomic E-state index is 13.4. The van der Waals surface area contributed by atoms with Gasteiger partial charge in [0.2, 0.25) is 5.43 Å². The number of nitrogens with one attached hydrogen (secondary N) is 1. The predicted molar refractivity (Wildman–Crippen MR) is 121 cm³/mol. The lowest BCUT2D eigenvalue weighted by Crippen LogP contribution is -2.27. The highest BCUT2D eigenvalue weighted by Crippen LogP contribution is 2.20. The van der Waals surface area contributed by atoms with Gasteiger partial charge in [0.15, 0.2) is 0 Å². The monoisotopic (exact) mass is 394 g/mol. The molecule has 4 rings (SSSR count). The van der Waals surface area contributed by atoms with E-state index in [0.717, 1.165) is 11.1 Å². The molecule has 0 spiro atoms. The summed E-state index contributed by atoms with van der Waals surface area (Å²) in [5.74, 6) is -0.400. The van der Waals surface area contributed by atoms with E-state index < -0.39 is 5.91 Å². The third kappa shape index (κ3) is 4.08. The SMILES string of the molecule is Cc1c(C(=O)Nc2ccccc2)c(=O)c(-c2ccccc2)cn1Cc1ccccc1. The van der Waals surface area contributed by atoms with Crippen LogP contribution in [0.15, 0.2) is 102 Å². The molecule has 0 saturated heterocycles. The molecule has 0 aliphatic carbocycles. The fraction of sp³-hybridized carbons (Fsp3) is 0.0769. The molecule has 4 aromatic rings. The number of para-hydroxylation sites is 1. The molecule has 4 heteroatoms. The number of benzene rings is 3. The second kappa shape index (κ2) is 8.62. The number of anilines is 1. The summed E-state index contributed by atoms with van der Waals surface area (Å²) in [6, 6.07) is 28.6. The van der Waals surface area contributed by atoms with Crippen molar-refractivity contribution in [2.75, 3.05) is 5.32 Å². The first-order valence-electron chi connectivity index (χ1n) is 9.83. The van der Waals surface area contributed by atoms with Crippen LogP contribution in [-0.4, -0.2) is 10.5 Å². The van der Waals surface area contributed by atoms with Gasteiger partial charge in [-0.3, -0.25) is 9.59 Å². The number of hydrogen-bond acceptors (Lipinski definition) is 2. The Morgan fingerprint density at radius 3 is 2.03 bits per heavy atom. The van der Waals surface area contributed by atoms with E-state index in [0.29, 0.717) is 23.5 Å². The minimum atomic E-state index is -0.400.